The summed E-state index contributed by atoms with van der Waals surface area (Å²) in [5, 5.41) is 2.85. The summed E-state index contributed by atoms with van der Waals surface area (Å²) < 4.78 is 10.7. The number of ether oxygens (including phenoxy) is 1. The molecule has 7 heteroatoms. The number of methoxy groups -OCH3 is 1. The molecule has 1 N–H and O–H groups in total. The van der Waals surface area contributed by atoms with Crippen molar-refractivity contribution in [2.24, 2.45) is 0 Å². The minimum atomic E-state index is -0.279. The number of oxazole rings is 1. The van der Waals surface area contributed by atoms with Gasteiger partial charge < -0.3 is 19.4 Å². The molecule has 0 unspecified atom stereocenters. The molecule has 0 bridgehead atoms. The fourth-order valence-corrected chi connectivity index (χ4v) is 2.60. The van der Waals surface area contributed by atoms with E-state index in [4.69, 9.17) is 9.15 Å². The van der Waals surface area contributed by atoms with Crippen molar-refractivity contribution in [1.82, 2.24) is 15.2 Å². The molecule has 0 spiro atoms. The lowest BCUT2D eigenvalue weighted by Gasteiger charge is -2.27. The maximum atomic E-state index is 13.1. The molecule has 0 fully saturated rings. The summed E-state index contributed by atoms with van der Waals surface area (Å²) in [5.41, 5.74) is 0.745. The number of amides is 2. The van der Waals surface area contributed by atoms with Crippen molar-refractivity contribution >= 4 is 11.8 Å². The molecule has 28 heavy (non-hydrogen) atoms. The third-order valence-electron chi connectivity index (χ3n) is 4.78. The number of aromatic nitrogens is 1. The molecular weight excluding hydrogens is 358 g/mol. The highest BCUT2D eigenvalue weighted by molar-refractivity contribution is 5.95. The summed E-state index contributed by atoms with van der Waals surface area (Å²) in [5.74, 6) is 0.525. The number of rotatable bonds is 9. The lowest BCUT2D eigenvalue weighted by atomic mass is 10.1. The van der Waals surface area contributed by atoms with Crippen LogP contribution in [-0.2, 0) is 6.54 Å². The van der Waals surface area contributed by atoms with Crippen molar-refractivity contribution in [3.05, 3.63) is 47.7 Å². The third-order valence-corrected chi connectivity index (χ3v) is 4.78. The summed E-state index contributed by atoms with van der Waals surface area (Å²) >= 11 is 0. The Morgan fingerprint density at radius 1 is 1.25 bits per heavy atom. The quantitative estimate of drug-likeness (QED) is 0.710. The maximum absolute atomic E-state index is 13.1. The van der Waals surface area contributed by atoms with Gasteiger partial charge in [0.15, 0.2) is 5.69 Å². The molecule has 0 aliphatic carbocycles. The fraction of sp³-hybridized carbons (Fsp3) is 0.476. The average molecular weight is 387 g/mol. The average Bonchev–Trinajstić information content (AvgIpc) is 3.19. The van der Waals surface area contributed by atoms with Crippen molar-refractivity contribution in [2.45, 2.75) is 59.2 Å². The van der Waals surface area contributed by atoms with E-state index < -0.39 is 0 Å². The van der Waals surface area contributed by atoms with Gasteiger partial charge in [-0.3, -0.25) is 9.59 Å². The first-order valence-electron chi connectivity index (χ1n) is 9.59. The summed E-state index contributed by atoms with van der Waals surface area (Å²) in [4.78, 5) is 31.2. The van der Waals surface area contributed by atoms with Crippen LogP contribution in [0.1, 0.15) is 67.3 Å². The van der Waals surface area contributed by atoms with Crippen LogP contribution in [-0.4, -0.2) is 40.9 Å². The molecule has 0 aliphatic heterocycles. The number of carbonyl (C=O) groups excluding carboxylic acids is 2. The molecule has 0 radical (unpaired) electrons. The van der Waals surface area contributed by atoms with E-state index in [9.17, 15) is 9.59 Å². The van der Waals surface area contributed by atoms with Gasteiger partial charge in [0.2, 0.25) is 5.89 Å². The van der Waals surface area contributed by atoms with Gasteiger partial charge in [0.05, 0.1) is 13.7 Å². The van der Waals surface area contributed by atoms with Crippen LogP contribution in [0.3, 0.4) is 0 Å². The normalized spacial score (nSPS) is 12.9. The zero-order valence-electron chi connectivity index (χ0n) is 17.2. The monoisotopic (exact) mass is 387 g/mol. The van der Waals surface area contributed by atoms with Gasteiger partial charge in [-0.15, -0.1) is 0 Å². The minimum Gasteiger partial charge on any atom is -0.497 e. The van der Waals surface area contributed by atoms with Gasteiger partial charge >= 0.3 is 0 Å². The lowest BCUT2D eigenvalue weighted by molar-refractivity contribution is 0.0652. The molecule has 1 aromatic heterocycles. The Bertz CT molecular complexity index is 802. The molecule has 7 nitrogen and oxygen atoms in total. The van der Waals surface area contributed by atoms with Crippen molar-refractivity contribution in [2.75, 3.05) is 7.11 Å². The lowest BCUT2D eigenvalue weighted by Crippen LogP contribution is -2.38. The van der Waals surface area contributed by atoms with Gasteiger partial charge in [-0.05, 0) is 44.9 Å². The summed E-state index contributed by atoms with van der Waals surface area (Å²) in [7, 11) is 1.56. The molecule has 1 aromatic carbocycles. The number of nitrogens with one attached hydrogen (secondary N) is 1. The number of nitrogens with zero attached hydrogens (tertiary/aromatic N) is 2. The van der Waals surface area contributed by atoms with E-state index in [2.05, 4.69) is 10.3 Å². The zero-order chi connectivity index (χ0) is 20.7. The second-order valence-electron chi connectivity index (χ2n) is 6.83. The molecule has 1 heterocycles. The second-order valence-corrected chi connectivity index (χ2v) is 6.83. The van der Waals surface area contributed by atoms with Gasteiger partial charge in [-0.25, -0.2) is 4.98 Å². The number of benzene rings is 1. The van der Waals surface area contributed by atoms with Gasteiger partial charge in [0.25, 0.3) is 11.8 Å². The summed E-state index contributed by atoms with van der Waals surface area (Å²) in [6, 6.07) is 7.06. The van der Waals surface area contributed by atoms with Gasteiger partial charge in [0, 0.05) is 17.6 Å². The van der Waals surface area contributed by atoms with E-state index in [1.165, 1.54) is 6.26 Å². The predicted molar refractivity (Wildman–Crippen MR) is 106 cm³/mol. The minimum absolute atomic E-state index is 0.0250. The van der Waals surface area contributed by atoms with Gasteiger partial charge in [0.1, 0.15) is 12.0 Å². The summed E-state index contributed by atoms with van der Waals surface area (Å²) in [6.45, 7) is 8.08. The molecule has 152 valence electrons. The van der Waals surface area contributed by atoms with Crippen LogP contribution in [0.25, 0.3) is 0 Å². The number of hydrogen-bond acceptors (Lipinski definition) is 5. The molecule has 0 saturated heterocycles. The van der Waals surface area contributed by atoms with E-state index in [1.807, 2.05) is 27.7 Å². The van der Waals surface area contributed by atoms with Crippen LogP contribution < -0.4 is 10.1 Å². The van der Waals surface area contributed by atoms with Gasteiger partial charge in [-0.2, -0.15) is 0 Å². The van der Waals surface area contributed by atoms with Crippen molar-refractivity contribution in [3.8, 4) is 5.75 Å². The van der Waals surface area contributed by atoms with Crippen molar-refractivity contribution in [3.63, 3.8) is 0 Å². The highest BCUT2D eigenvalue weighted by Crippen LogP contribution is 2.19. The smallest absolute Gasteiger partial charge is 0.273 e. The van der Waals surface area contributed by atoms with E-state index in [0.29, 0.717) is 17.2 Å². The van der Waals surface area contributed by atoms with E-state index in [-0.39, 0.29) is 36.1 Å². The van der Waals surface area contributed by atoms with Crippen LogP contribution in [0.4, 0.5) is 0 Å². The van der Waals surface area contributed by atoms with Crippen LogP contribution in [0.2, 0.25) is 0 Å². The highest BCUT2D eigenvalue weighted by atomic mass is 16.5. The Balaban J connectivity index is 2.18. The van der Waals surface area contributed by atoms with E-state index in [1.54, 1.807) is 36.3 Å². The standard InChI is InChI=1S/C21H29N3O4/c1-6-14(3)22-20(25)18-13-28-19(23-18)12-24(15(4)7-2)21(26)16-9-8-10-17(11-16)27-5/h8-11,13-15H,6-7,12H2,1-5H3,(H,22,25)/t14-,15-/m0/s1. The molecule has 0 saturated carbocycles. The molecule has 0 aliphatic rings. The topological polar surface area (TPSA) is 84.7 Å². The Hall–Kier alpha value is -2.83. The molecular formula is C21H29N3O4. The van der Waals surface area contributed by atoms with Crippen LogP contribution in [0.5, 0.6) is 5.75 Å². The van der Waals surface area contributed by atoms with Crippen molar-refractivity contribution < 1.29 is 18.7 Å². The first kappa shape index (κ1) is 21.5. The van der Waals surface area contributed by atoms with Crippen LogP contribution in [0.15, 0.2) is 34.9 Å². The predicted octanol–water partition coefficient (Wildman–Crippen LogP) is 3.65. The van der Waals surface area contributed by atoms with E-state index >= 15 is 0 Å². The van der Waals surface area contributed by atoms with Gasteiger partial charge in [-0.1, -0.05) is 19.9 Å². The Morgan fingerprint density at radius 3 is 2.64 bits per heavy atom. The SMILES string of the molecule is CC[C@H](C)NC(=O)c1coc(CN(C(=O)c2cccc(OC)c2)[C@@H](C)CC)n1. The molecule has 2 amide bonds. The summed E-state index contributed by atoms with van der Waals surface area (Å²) in [6.07, 6.45) is 2.93. The zero-order valence-corrected chi connectivity index (χ0v) is 17.2. The fourth-order valence-electron chi connectivity index (χ4n) is 2.60. The molecule has 2 atom stereocenters. The van der Waals surface area contributed by atoms with Crippen LogP contribution >= 0.6 is 0 Å². The maximum Gasteiger partial charge on any atom is 0.273 e. The Morgan fingerprint density at radius 2 is 2.00 bits per heavy atom. The molecule has 2 aromatic rings. The third kappa shape index (κ3) is 5.34. The Labute approximate surface area is 166 Å². The number of carbonyl (C=O) groups is 2. The van der Waals surface area contributed by atoms with Crippen LogP contribution in [0, 0.1) is 0 Å². The highest BCUT2D eigenvalue weighted by Gasteiger charge is 2.24. The number of hydrogen-bond donors (Lipinski definition) is 1. The second kappa shape index (κ2) is 9.92. The van der Waals surface area contributed by atoms with E-state index in [0.717, 1.165) is 12.8 Å². The largest absolute Gasteiger partial charge is 0.497 e. The first-order valence-corrected chi connectivity index (χ1v) is 9.59. The molecule has 2 rings (SSSR count). The first-order chi connectivity index (χ1) is 13.4. The Kier molecular flexibility index (Phi) is 7.61. The van der Waals surface area contributed by atoms with Crippen molar-refractivity contribution in [1.29, 1.82) is 0 Å².